The maximum absolute atomic E-state index is 4.89. The first-order valence-electron chi connectivity index (χ1n) is 6.97. The van der Waals surface area contributed by atoms with Crippen molar-refractivity contribution in [2.75, 3.05) is 18.0 Å². The van der Waals surface area contributed by atoms with E-state index in [2.05, 4.69) is 58.1 Å². The molecule has 0 N–H and O–H groups in total. The molecule has 0 aliphatic carbocycles. The van der Waals surface area contributed by atoms with E-state index in [1.165, 1.54) is 29.6 Å². The van der Waals surface area contributed by atoms with Crippen molar-refractivity contribution in [1.82, 2.24) is 4.98 Å². The topological polar surface area (TPSA) is 16.1 Å². The number of benzene rings is 1. The fourth-order valence-electron chi connectivity index (χ4n) is 2.74. The number of hydrogen-bond donors (Lipinski definition) is 0. The predicted octanol–water partition coefficient (Wildman–Crippen LogP) is 4.37. The lowest BCUT2D eigenvalue weighted by Gasteiger charge is -2.32. The second-order valence-electron chi connectivity index (χ2n) is 5.47. The van der Waals surface area contributed by atoms with Gasteiger partial charge in [0.25, 0.3) is 0 Å². The maximum Gasteiger partial charge on any atom is 0.133 e. The number of halogens is 1. The molecule has 1 saturated heterocycles. The Balaban J connectivity index is 2.01. The molecule has 0 saturated carbocycles. The van der Waals surface area contributed by atoms with E-state index in [1.807, 2.05) is 0 Å². The maximum atomic E-state index is 4.89. The molecular formula is C16H19BrN2. The summed E-state index contributed by atoms with van der Waals surface area (Å²) in [7, 11) is 0. The van der Waals surface area contributed by atoms with Gasteiger partial charge in [-0.25, -0.2) is 4.98 Å². The SMILES string of the molecule is CC1CCN(c2nc3ccccc3cc2CBr)CC1. The van der Waals surface area contributed by atoms with Crippen molar-refractivity contribution >= 4 is 32.7 Å². The van der Waals surface area contributed by atoms with Crippen LogP contribution in [0.3, 0.4) is 0 Å². The van der Waals surface area contributed by atoms with Crippen molar-refractivity contribution < 1.29 is 0 Å². The molecule has 0 bridgehead atoms. The Labute approximate surface area is 123 Å². The average Bonchev–Trinajstić information content (AvgIpc) is 2.46. The molecule has 1 aliphatic heterocycles. The van der Waals surface area contributed by atoms with E-state index in [0.29, 0.717) is 0 Å². The Morgan fingerprint density at radius 2 is 2.00 bits per heavy atom. The van der Waals surface area contributed by atoms with Crippen molar-refractivity contribution in [3.05, 3.63) is 35.9 Å². The number of alkyl halides is 1. The standard InChI is InChI=1S/C16H19BrN2/c1-12-6-8-19(9-7-12)16-14(11-17)10-13-4-2-3-5-15(13)18-16/h2-5,10,12H,6-9,11H2,1H3. The summed E-state index contributed by atoms with van der Waals surface area (Å²) in [4.78, 5) is 7.34. The fourth-order valence-corrected chi connectivity index (χ4v) is 3.15. The van der Waals surface area contributed by atoms with E-state index in [4.69, 9.17) is 4.98 Å². The predicted molar refractivity (Wildman–Crippen MR) is 85.0 cm³/mol. The number of fused-ring (bicyclic) bond motifs is 1. The van der Waals surface area contributed by atoms with Gasteiger partial charge >= 0.3 is 0 Å². The molecule has 100 valence electrons. The summed E-state index contributed by atoms with van der Waals surface area (Å²) in [6, 6.07) is 10.6. The number of aromatic nitrogens is 1. The molecule has 3 rings (SSSR count). The van der Waals surface area contributed by atoms with Gasteiger partial charge in [0.15, 0.2) is 0 Å². The Morgan fingerprint density at radius 3 is 2.74 bits per heavy atom. The molecule has 1 aromatic carbocycles. The van der Waals surface area contributed by atoms with Gasteiger partial charge in [-0.1, -0.05) is 41.1 Å². The molecule has 0 spiro atoms. The zero-order chi connectivity index (χ0) is 13.2. The Hall–Kier alpha value is -1.09. The molecule has 1 aliphatic rings. The Kier molecular flexibility index (Phi) is 3.74. The molecular weight excluding hydrogens is 300 g/mol. The summed E-state index contributed by atoms with van der Waals surface area (Å²) >= 11 is 3.61. The zero-order valence-electron chi connectivity index (χ0n) is 11.3. The van der Waals surface area contributed by atoms with Crippen LogP contribution in [0.5, 0.6) is 0 Å². The fraction of sp³-hybridized carbons (Fsp3) is 0.438. The summed E-state index contributed by atoms with van der Waals surface area (Å²) in [5.74, 6) is 2.02. The number of rotatable bonds is 2. The minimum Gasteiger partial charge on any atom is -0.356 e. The molecule has 0 atom stereocenters. The molecule has 2 heterocycles. The van der Waals surface area contributed by atoms with Crippen molar-refractivity contribution in [3.63, 3.8) is 0 Å². The highest BCUT2D eigenvalue weighted by Gasteiger charge is 2.19. The molecule has 0 radical (unpaired) electrons. The molecule has 19 heavy (non-hydrogen) atoms. The van der Waals surface area contributed by atoms with Crippen LogP contribution in [0.4, 0.5) is 5.82 Å². The first-order chi connectivity index (χ1) is 9.28. The molecule has 1 fully saturated rings. The normalized spacial score (nSPS) is 17.1. The van der Waals surface area contributed by atoms with Crippen molar-refractivity contribution in [1.29, 1.82) is 0 Å². The van der Waals surface area contributed by atoms with E-state index in [-0.39, 0.29) is 0 Å². The highest BCUT2D eigenvalue weighted by molar-refractivity contribution is 9.08. The van der Waals surface area contributed by atoms with Crippen LogP contribution in [0.1, 0.15) is 25.3 Å². The minimum absolute atomic E-state index is 0.851. The highest BCUT2D eigenvalue weighted by atomic mass is 79.9. The number of nitrogens with zero attached hydrogens (tertiary/aromatic N) is 2. The van der Waals surface area contributed by atoms with Gasteiger partial charge in [0.2, 0.25) is 0 Å². The zero-order valence-corrected chi connectivity index (χ0v) is 12.9. The third-order valence-electron chi connectivity index (χ3n) is 4.01. The lowest BCUT2D eigenvalue weighted by Crippen LogP contribution is -2.34. The smallest absolute Gasteiger partial charge is 0.133 e. The summed E-state index contributed by atoms with van der Waals surface area (Å²) in [6.07, 6.45) is 2.55. The summed E-state index contributed by atoms with van der Waals surface area (Å²) in [5, 5.41) is 2.10. The number of para-hydroxylation sites is 1. The molecule has 3 heteroatoms. The number of anilines is 1. The van der Waals surface area contributed by atoms with Crippen LogP contribution >= 0.6 is 15.9 Å². The second kappa shape index (κ2) is 5.49. The van der Waals surface area contributed by atoms with Gasteiger partial charge in [-0.15, -0.1) is 0 Å². The molecule has 0 amide bonds. The lowest BCUT2D eigenvalue weighted by atomic mass is 9.99. The van der Waals surface area contributed by atoms with E-state index >= 15 is 0 Å². The lowest BCUT2D eigenvalue weighted by molar-refractivity contribution is 0.436. The van der Waals surface area contributed by atoms with Crippen LogP contribution in [0.15, 0.2) is 30.3 Å². The van der Waals surface area contributed by atoms with Crippen LogP contribution in [0, 0.1) is 5.92 Å². The van der Waals surface area contributed by atoms with Crippen molar-refractivity contribution in [3.8, 4) is 0 Å². The van der Waals surface area contributed by atoms with E-state index in [0.717, 1.165) is 29.9 Å². The van der Waals surface area contributed by atoms with Crippen LogP contribution < -0.4 is 4.90 Å². The second-order valence-corrected chi connectivity index (χ2v) is 6.03. The largest absolute Gasteiger partial charge is 0.356 e. The van der Waals surface area contributed by atoms with Crippen LogP contribution in [-0.4, -0.2) is 18.1 Å². The first kappa shape index (κ1) is 12.9. The van der Waals surface area contributed by atoms with Crippen LogP contribution in [-0.2, 0) is 5.33 Å². The van der Waals surface area contributed by atoms with Crippen molar-refractivity contribution in [2.45, 2.75) is 25.1 Å². The molecule has 2 aromatic rings. The average molecular weight is 319 g/mol. The van der Waals surface area contributed by atoms with E-state index in [1.54, 1.807) is 0 Å². The number of piperidine rings is 1. The van der Waals surface area contributed by atoms with E-state index < -0.39 is 0 Å². The number of hydrogen-bond acceptors (Lipinski definition) is 2. The van der Waals surface area contributed by atoms with Crippen LogP contribution in [0.25, 0.3) is 10.9 Å². The van der Waals surface area contributed by atoms with E-state index in [9.17, 15) is 0 Å². The molecule has 1 aromatic heterocycles. The van der Waals surface area contributed by atoms with Gasteiger partial charge in [-0.05, 0) is 30.9 Å². The van der Waals surface area contributed by atoms with Gasteiger partial charge in [0.05, 0.1) is 5.52 Å². The highest BCUT2D eigenvalue weighted by Crippen LogP contribution is 2.28. The third kappa shape index (κ3) is 2.62. The molecule has 0 unspecified atom stereocenters. The number of pyridine rings is 1. The van der Waals surface area contributed by atoms with Gasteiger partial charge in [0.1, 0.15) is 5.82 Å². The van der Waals surface area contributed by atoms with Crippen molar-refractivity contribution in [2.24, 2.45) is 5.92 Å². The third-order valence-corrected chi connectivity index (χ3v) is 4.61. The first-order valence-corrected chi connectivity index (χ1v) is 8.09. The Bertz CT molecular complexity index is 574. The monoisotopic (exact) mass is 318 g/mol. The van der Waals surface area contributed by atoms with Gasteiger partial charge in [0, 0.05) is 29.4 Å². The van der Waals surface area contributed by atoms with Gasteiger partial charge in [-0.3, -0.25) is 0 Å². The summed E-state index contributed by atoms with van der Waals surface area (Å²) in [5.41, 5.74) is 2.40. The molecule has 2 nitrogen and oxygen atoms in total. The van der Waals surface area contributed by atoms with Crippen LogP contribution in [0.2, 0.25) is 0 Å². The Morgan fingerprint density at radius 1 is 1.26 bits per heavy atom. The quantitative estimate of drug-likeness (QED) is 0.764. The van der Waals surface area contributed by atoms with Gasteiger partial charge in [-0.2, -0.15) is 0 Å². The van der Waals surface area contributed by atoms with Gasteiger partial charge < -0.3 is 4.90 Å². The minimum atomic E-state index is 0.851. The summed E-state index contributed by atoms with van der Waals surface area (Å²) in [6.45, 7) is 4.61. The summed E-state index contributed by atoms with van der Waals surface area (Å²) < 4.78 is 0.